The maximum Gasteiger partial charge on any atom is 0.271 e. The van der Waals surface area contributed by atoms with Gasteiger partial charge in [-0.3, -0.25) is 9.59 Å². The number of aromatic amines is 1. The summed E-state index contributed by atoms with van der Waals surface area (Å²) < 4.78 is 6.30. The molecule has 128 valence electrons. The molecule has 0 radical (unpaired) electrons. The zero-order valence-corrected chi connectivity index (χ0v) is 15.9. The topological polar surface area (TPSA) is 71.2 Å². The van der Waals surface area contributed by atoms with E-state index in [0.29, 0.717) is 15.2 Å². The van der Waals surface area contributed by atoms with Crippen molar-refractivity contribution in [1.29, 1.82) is 0 Å². The van der Waals surface area contributed by atoms with Gasteiger partial charge >= 0.3 is 0 Å². The van der Waals surface area contributed by atoms with Gasteiger partial charge in [0.25, 0.3) is 11.5 Å². The number of aromatic nitrogens is 1. The smallest absolute Gasteiger partial charge is 0.271 e. The molecule has 7 heteroatoms. The van der Waals surface area contributed by atoms with E-state index in [-0.39, 0.29) is 23.8 Å². The van der Waals surface area contributed by atoms with Gasteiger partial charge in [-0.1, -0.05) is 25.4 Å². The highest BCUT2D eigenvalue weighted by atomic mass is 79.9. The third kappa shape index (κ3) is 4.61. The molecular formula is C17H18BrClN2O3. The Bertz CT molecular complexity index is 818. The molecule has 1 aromatic heterocycles. The summed E-state index contributed by atoms with van der Waals surface area (Å²) in [6, 6.07) is 5.20. The third-order valence-corrected chi connectivity index (χ3v) is 4.28. The average Bonchev–Trinajstić information content (AvgIpc) is 2.51. The second-order valence-corrected chi connectivity index (χ2v) is 7.01. The number of aryl methyl sites for hydroxylation is 1. The van der Waals surface area contributed by atoms with Crippen molar-refractivity contribution in [3.63, 3.8) is 0 Å². The number of hydrogen-bond acceptors (Lipinski definition) is 3. The Kier molecular flexibility index (Phi) is 6.07. The molecule has 0 spiro atoms. The van der Waals surface area contributed by atoms with Crippen LogP contribution in [0.1, 0.15) is 30.9 Å². The van der Waals surface area contributed by atoms with Gasteiger partial charge in [0, 0.05) is 15.7 Å². The van der Waals surface area contributed by atoms with Gasteiger partial charge in [0.15, 0.2) is 6.61 Å². The summed E-state index contributed by atoms with van der Waals surface area (Å²) in [5, 5.41) is 3.20. The van der Waals surface area contributed by atoms with Crippen LogP contribution in [0.4, 0.5) is 5.69 Å². The zero-order chi connectivity index (χ0) is 17.9. The largest absolute Gasteiger partial charge is 0.483 e. The van der Waals surface area contributed by atoms with Gasteiger partial charge < -0.3 is 15.0 Å². The molecule has 0 atom stereocenters. The maximum atomic E-state index is 12.1. The number of ether oxygens (including phenoxy) is 1. The Hall–Kier alpha value is -1.79. The van der Waals surface area contributed by atoms with E-state index in [0.717, 1.165) is 11.1 Å². The summed E-state index contributed by atoms with van der Waals surface area (Å²) >= 11 is 9.39. The minimum atomic E-state index is -0.416. The van der Waals surface area contributed by atoms with Crippen LogP contribution in [0.5, 0.6) is 5.75 Å². The molecule has 0 unspecified atom stereocenters. The second kappa shape index (κ2) is 7.85. The van der Waals surface area contributed by atoms with Crippen LogP contribution in [-0.2, 0) is 4.79 Å². The molecule has 0 aliphatic rings. The fraction of sp³-hybridized carbons (Fsp3) is 0.294. The van der Waals surface area contributed by atoms with Crippen LogP contribution in [-0.4, -0.2) is 17.5 Å². The number of anilines is 1. The van der Waals surface area contributed by atoms with Gasteiger partial charge in [0.2, 0.25) is 0 Å². The van der Waals surface area contributed by atoms with Crippen LogP contribution in [0.3, 0.4) is 0 Å². The second-order valence-electron chi connectivity index (χ2n) is 5.69. The van der Waals surface area contributed by atoms with Crippen molar-refractivity contribution in [3.05, 3.63) is 55.4 Å². The fourth-order valence-electron chi connectivity index (χ4n) is 2.13. The van der Waals surface area contributed by atoms with Gasteiger partial charge in [0.1, 0.15) is 11.4 Å². The number of benzene rings is 1. The predicted octanol–water partition coefficient (Wildman–Crippen LogP) is 4.24. The average molecular weight is 414 g/mol. The highest BCUT2D eigenvalue weighted by molar-refractivity contribution is 9.10. The number of pyridine rings is 1. The van der Waals surface area contributed by atoms with Crippen molar-refractivity contribution in [1.82, 2.24) is 4.98 Å². The molecule has 1 aromatic carbocycles. The molecule has 0 aliphatic heterocycles. The number of hydrogen-bond donors (Lipinski definition) is 2. The molecule has 0 saturated carbocycles. The first kappa shape index (κ1) is 18.5. The summed E-state index contributed by atoms with van der Waals surface area (Å²) in [5.74, 6) is 0.403. The first-order valence-electron chi connectivity index (χ1n) is 7.39. The van der Waals surface area contributed by atoms with E-state index in [9.17, 15) is 9.59 Å². The van der Waals surface area contributed by atoms with Crippen LogP contribution in [0, 0.1) is 6.92 Å². The van der Waals surface area contributed by atoms with Crippen molar-refractivity contribution >= 4 is 39.1 Å². The monoisotopic (exact) mass is 412 g/mol. The number of carbonyl (C=O) groups is 1. The number of H-pyrrole nitrogens is 1. The van der Waals surface area contributed by atoms with E-state index < -0.39 is 5.91 Å². The molecule has 2 rings (SSSR count). The van der Waals surface area contributed by atoms with Crippen molar-refractivity contribution in [2.24, 2.45) is 0 Å². The lowest BCUT2D eigenvalue weighted by Gasteiger charge is -2.15. The van der Waals surface area contributed by atoms with E-state index in [4.69, 9.17) is 16.3 Å². The lowest BCUT2D eigenvalue weighted by atomic mass is 10.0. The lowest BCUT2D eigenvalue weighted by Crippen LogP contribution is -2.24. The Balaban J connectivity index is 2.10. The highest BCUT2D eigenvalue weighted by Gasteiger charge is 2.13. The third-order valence-electron chi connectivity index (χ3n) is 3.41. The number of nitrogens with one attached hydrogen (secondary N) is 2. The Morgan fingerprint density at radius 1 is 1.38 bits per heavy atom. The van der Waals surface area contributed by atoms with Gasteiger partial charge in [0.05, 0.1) is 0 Å². The molecule has 0 saturated heterocycles. The zero-order valence-electron chi connectivity index (χ0n) is 13.6. The van der Waals surface area contributed by atoms with Gasteiger partial charge in [-0.25, -0.2) is 0 Å². The highest BCUT2D eigenvalue weighted by Crippen LogP contribution is 2.32. The van der Waals surface area contributed by atoms with Gasteiger partial charge in [-0.2, -0.15) is 0 Å². The van der Waals surface area contributed by atoms with E-state index in [1.165, 1.54) is 12.3 Å². The molecule has 0 bridgehead atoms. The van der Waals surface area contributed by atoms with E-state index in [2.05, 4.69) is 26.2 Å². The standard InChI is InChI=1S/C17H18BrClN2O3/c1-9(2)12-6-13(19)10(3)4-15(12)24-8-16(22)21-14-5-11(18)7-20-17(14)23/h4-7,9H,8H2,1-3H3,(H,20,23)(H,21,22). The van der Waals surface area contributed by atoms with E-state index in [1.54, 1.807) is 0 Å². The van der Waals surface area contributed by atoms with Crippen LogP contribution in [0.15, 0.2) is 33.7 Å². The van der Waals surface area contributed by atoms with E-state index >= 15 is 0 Å². The molecule has 2 N–H and O–H groups in total. The molecule has 0 aliphatic carbocycles. The predicted molar refractivity (Wildman–Crippen MR) is 99.2 cm³/mol. The van der Waals surface area contributed by atoms with Crippen LogP contribution >= 0.6 is 27.5 Å². The first-order chi connectivity index (χ1) is 11.3. The van der Waals surface area contributed by atoms with Crippen molar-refractivity contribution in [2.75, 3.05) is 11.9 Å². The number of carbonyl (C=O) groups excluding carboxylic acids is 1. The molecular weight excluding hydrogens is 396 g/mol. The summed E-state index contributed by atoms with van der Waals surface area (Å²) in [6.45, 7) is 5.72. The van der Waals surface area contributed by atoms with Crippen LogP contribution in [0.25, 0.3) is 0 Å². The Morgan fingerprint density at radius 2 is 2.08 bits per heavy atom. The minimum Gasteiger partial charge on any atom is -0.483 e. The van der Waals surface area contributed by atoms with Crippen LogP contribution in [0.2, 0.25) is 5.02 Å². The van der Waals surface area contributed by atoms with Crippen molar-refractivity contribution < 1.29 is 9.53 Å². The molecule has 2 aromatic rings. The van der Waals surface area contributed by atoms with Crippen molar-refractivity contribution in [3.8, 4) is 5.75 Å². The molecule has 24 heavy (non-hydrogen) atoms. The summed E-state index contributed by atoms with van der Waals surface area (Å²) in [5.41, 5.74) is 1.59. The Labute approximate surface area is 153 Å². The minimum absolute atomic E-state index is 0.161. The molecule has 0 fully saturated rings. The first-order valence-corrected chi connectivity index (χ1v) is 8.56. The number of rotatable bonds is 5. The Morgan fingerprint density at radius 3 is 2.75 bits per heavy atom. The van der Waals surface area contributed by atoms with Gasteiger partial charge in [-0.15, -0.1) is 0 Å². The van der Waals surface area contributed by atoms with Gasteiger partial charge in [-0.05, 0) is 58.1 Å². The lowest BCUT2D eigenvalue weighted by molar-refractivity contribution is -0.118. The summed E-state index contributed by atoms with van der Waals surface area (Å²) in [7, 11) is 0. The number of amides is 1. The fourth-order valence-corrected chi connectivity index (χ4v) is 2.64. The SMILES string of the molecule is Cc1cc(OCC(=O)Nc2cc(Br)c[nH]c2=O)c(C(C)C)cc1Cl. The number of halogens is 2. The quantitative estimate of drug-likeness (QED) is 0.770. The van der Waals surface area contributed by atoms with E-state index in [1.807, 2.05) is 32.9 Å². The van der Waals surface area contributed by atoms with Crippen LogP contribution < -0.4 is 15.6 Å². The summed E-state index contributed by atoms with van der Waals surface area (Å²) in [6.07, 6.45) is 1.50. The van der Waals surface area contributed by atoms with Crippen molar-refractivity contribution in [2.45, 2.75) is 26.7 Å². The molecule has 1 amide bonds. The molecule has 5 nitrogen and oxygen atoms in total. The maximum absolute atomic E-state index is 12.1. The molecule has 1 heterocycles. The normalized spacial score (nSPS) is 10.8. The summed E-state index contributed by atoms with van der Waals surface area (Å²) in [4.78, 5) is 26.2.